The zero-order valence-electron chi connectivity index (χ0n) is 10.5. The first-order valence-electron chi connectivity index (χ1n) is 6.36. The maximum atomic E-state index is 12.9. The van der Waals surface area contributed by atoms with Crippen LogP contribution < -0.4 is 10.2 Å². The third-order valence-corrected chi connectivity index (χ3v) is 3.23. The van der Waals surface area contributed by atoms with E-state index in [1.165, 1.54) is 12.1 Å². The number of piperazine rings is 1. The van der Waals surface area contributed by atoms with E-state index in [9.17, 15) is 4.39 Å². The molecule has 1 aromatic carbocycles. The first-order chi connectivity index (χ1) is 9.33. The molecule has 0 radical (unpaired) electrons. The van der Waals surface area contributed by atoms with E-state index < -0.39 is 0 Å². The number of anilines is 1. The number of aromatic nitrogens is 2. The van der Waals surface area contributed by atoms with Gasteiger partial charge in [0.15, 0.2) is 0 Å². The molecular formula is C14H15FN4. The Labute approximate surface area is 111 Å². The number of rotatable bonds is 2. The van der Waals surface area contributed by atoms with Gasteiger partial charge in [0.1, 0.15) is 18.0 Å². The van der Waals surface area contributed by atoms with Crippen LogP contribution in [0.4, 0.5) is 10.2 Å². The summed E-state index contributed by atoms with van der Waals surface area (Å²) in [5, 5.41) is 3.31. The van der Waals surface area contributed by atoms with Gasteiger partial charge in [-0.05, 0) is 24.3 Å². The molecule has 0 bridgehead atoms. The Morgan fingerprint density at radius 3 is 2.53 bits per heavy atom. The third-order valence-electron chi connectivity index (χ3n) is 3.23. The van der Waals surface area contributed by atoms with Crippen LogP contribution in [-0.2, 0) is 0 Å². The quantitative estimate of drug-likeness (QED) is 0.890. The maximum absolute atomic E-state index is 12.9. The van der Waals surface area contributed by atoms with Crippen molar-refractivity contribution in [3.8, 4) is 11.3 Å². The largest absolute Gasteiger partial charge is 0.354 e. The molecule has 2 aromatic rings. The van der Waals surface area contributed by atoms with Gasteiger partial charge in [-0.2, -0.15) is 0 Å². The molecule has 19 heavy (non-hydrogen) atoms. The van der Waals surface area contributed by atoms with Crippen molar-refractivity contribution in [1.82, 2.24) is 15.3 Å². The zero-order chi connectivity index (χ0) is 13.1. The van der Waals surface area contributed by atoms with Crippen molar-refractivity contribution in [2.45, 2.75) is 0 Å². The highest BCUT2D eigenvalue weighted by Crippen LogP contribution is 2.21. The molecule has 1 N–H and O–H groups in total. The lowest BCUT2D eigenvalue weighted by atomic mass is 10.1. The van der Waals surface area contributed by atoms with Crippen LogP contribution in [0.25, 0.3) is 11.3 Å². The lowest BCUT2D eigenvalue weighted by Gasteiger charge is -2.28. The normalized spacial score (nSPS) is 15.5. The molecule has 0 amide bonds. The molecule has 0 aliphatic carbocycles. The van der Waals surface area contributed by atoms with Crippen molar-refractivity contribution in [2.75, 3.05) is 31.1 Å². The first kappa shape index (κ1) is 12.0. The fourth-order valence-electron chi connectivity index (χ4n) is 2.19. The number of hydrogen-bond donors (Lipinski definition) is 1. The molecule has 0 saturated carbocycles. The molecule has 1 aliphatic heterocycles. The Kier molecular flexibility index (Phi) is 3.37. The molecule has 3 rings (SSSR count). The van der Waals surface area contributed by atoms with Gasteiger partial charge in [0, 0.05) is 37.8 Å². The second-order valence-corrected chi connectivity index (χ2v) is 4.51. The molecule has 1 aromatic heterocycles. The molecule has 1 saturated heterocycles. The average molecular weight is 258 g/mol. The lowest BCUT2D eigenvalue weighted by molar-refractivity contribution is 0.584. The number of hydrogen-bond acceptors (Lipinski definition) is 4. The van der Waals surface area contributed by atoms with E-state index in [4.69, 9.17) is 0 Å². The predicted molar refractivity (Wildman–Crippen MR) is 72.5 cm³/mol. The minimum Gasteiger partial charge on any atom is -0.354 e. The number of nitrogens with one attached hydrogen (secondary N) is 1. The van der Waals surface area contributed by atoms with Gasteiger partial charge in [-0.25, -0.2) is 14.4 Å². The Morgan fingerprint density at radius 2 is 1.79 bits per heavy atom. The second-order valence-electron chi connectivity index (χ2n) is 4.51. The Balaban J connectivity index is 1.88. The summed E-state index contributed by atoms with van der Waals surface area (Å²) in [4.78, 5) is 10.8. The Bertz CT molecular complexity index is 550. The molecular weight excluding hydrogens is 243 g/mol. The summed E-state index contributed by atoms with van der Waals surface area (Å²) in [5.74, 6) is 0.691. The van der Waals surface area contributed by atoms with E-state index in [0.29, 0.717) is 0 Å². The summed E-state index contributed by atoms with van der Waals surface area (Å²) in [7, 11) is 0. The predicted octanol–water partition coefficient (Wildman–Crippen LogP) is 1.69. The van der Waals surface area contributed by atoms with E-state index in [1.807, 2.05) is 6.07 Å². The van der Waals surface area contributed by atoms with E-state index in [-0.39, 0.29) is 5.82 Å². The van der Waals surface area contributed by atoms with E-state index >= 15 is 0 Å². The fourth-order valence-corrected chi connectivity index (χ4v) is 2.19. The molecule has 0 spiro atoms. The zero-order valence-corrected chi connectivity index (χ0v) is 10.5. The molecule has 0 atom stereocenters. The molecule has 1 aliphatic rings. The van der Waals surface area contributed by atoms with Gasteiger partial charge in [0.2, 0.25) is 0 Å². The summed E-state index contributed by atoms with van der Waals surface area (Å²) < 4.78 is 12.9. The van der Waals surface area contributed by atoms with Crippen LogP contribution in [0.2, 0.25) is 0 Å². The van der Waals surface area contributed by atoms with Gasteiger partial charge in [-0.1, -0.05) is 0 Å². The summed E-state index contributed by atoms with van der Waals surface area (Å²) >= 11 is 0. The summed E-state index contributed by atoms with van der Waals surface area (Å²) in [6.07, 6.45) is 1.57. The first-order valence-corrected chi connectivity index (χ1v) is 6.36. The SMILES string of the molecule is Fc1ccc(-c2cc(N3CCNCC3)ncn2)cc1. The van der Waals surface area contributed by atoms with Crippen LogP contribution in [0, 0.1) is 5.82 Å². The standard InChI is InChI=1S/C14H15FN4/c15-12-3-1-11(2-4-12)13-9-14(18-10-17-13)19-7-5-16-6-8-19/h1-4,9-10,16H,5-8H2. The minimum atomic E-state index is -0.236. The maximum Gasteiger partial charge on any atom is 0.132 e. The summed E-state index contributed by atoms with van der Waals surface area (Å²) in [6, 6.07) is 8.32. The third kappa shape index (κ3) is 2.71. The molecule has 4 nitrogen and oxygen atoms in total. The van der Waals surface area contributed by atoms with Crippen LogP contribution in [0.1, 0.15) is 0 Å². The van der Waals surface area contributed by atoms with E-state index in [0.717, 1.165) is 43.3 Å². The summed E-state index contributed by atoms with van der Waals surface area (Å²) in [6.45, 7) is 3.82. The smallest absolute Gasteiger partial charge is 0.132 e. The lowest BCUT2D eigenvalue weighted by Crippen LogP contribution is -2.43. The van der Waals surface area contributed by atoms with Crippen molar-refractivity contribution in [3.63, 3.8) is 0 Å². The van der Waals surface area contributed by atoms with Crippen molar-refractivity contribution < 1.29 is 4.39 Å². The van der Waals surface area contributed by atoms with E-state index in [2.05, 4.69) is 20.2 Å². The highest BCUT2D eigenvalue weighted by atomic mass is 19.1. The monoisotopic (exact) mass is 258 g/mol. The number of benzene rings is 1. The fraction of sp³-hybridized carbons (Fsp3) is 0.286. The summed E-state index contributed by atoms with van der Waals surface area (Å²) in [5.41, 5.74) is 1.73. The Morgan fingerprint density at radius 1 is 1.05 bits per heavy atom. The minimum absolute atomic E-state index is 0.236. The van der Waals surface area contributed by atoms with E-state index in [1.54, 1.807) is 18.5 Å². The van der Waals surface area contributed by atoms with Gasteiger partial charge in [-0.15, -0.1) is 0 Å². The van der Waals surface area contributed by atoms with Gasteiger partial charge >= 0.3 is 0 Å². The van der Waals surface area contributed by atoms with Crippen LogP contribution >= 0.6 is 0 Å². The molecule has 1 fully saturated rings. The van der Waals surface area contributed by atoms with Gasteiger partial charge < -0.3 is 10.2 Å². The van der Waals surface area contributed by atoms with Gasteiger partial charge in [0.25, 0.3) is 0 Å². The van der Waals surface area contributed by atoms with Crippen LogP contribution in [0.3, 0.4) is 0 Å². The average Bonchev–Trinajstić information content (AvgIpc) is 2.49. The number of nitrogens with zero attached hydrogens (tertiary/aromatic N) is 3. The highest BCUT2D eigenvalue weighted by molar-refractivity contribution is 5.62. The second kappa shape index (κ2) is 5.32. The van der Waals surface area contributed by atoms with Crippen LogP contribution in [-0.4, -0.2) is 36.1 Å². The van der Waals surface area contributed by atoms with Crippen molar-refractivity contribution in [2.24, 2.45) is 0 Å². The van der Waals surface area contributed by atoms with Crippen molar-refractivity contribution >= 4 is 5.82 Å². The van der Waals surface area contributed by atoms with Crippen LogP contribution in [0.5, 0.6) is 0 Å². The van der Waals surface area contributed by atoms with Gasteiger partial charge in [0.05, 0.1) is 5.69 Å². The van der Waals surface area contributed by atoms with Crippen molar-refractivity contribution in [3.05, 3.63) is 42.5 Å². The Hall–Kier alpha value is -2.01. The molecule has 98 valence electrons. The highest BCUT2D eigenvalue weighted by Gasteiger charge is 2.12. The number of halogens is 1. The molecule has 5 heteroatoms. The topological polar surface area (TPSA) is 41.0 Å². The van der Waals surface area contributed by atoms with Gasteiger partial charge in [-0.3, -0.25) is 0 Å². The van der Waals surface area contributed by atoms with Crippen molar-refractivity contribution in [1.29, 1.82) is 0 Å². The van der Waals surface area contributed by atoms with Crippen LogP contribution in [0.15, 0.2) is 36.7 Å². The molecule has 2 heterocycles. The molecule has 0 unspecified atom stereocenters.